The zero-order chi connectivity index (χ0) is 18.6. The van der Waals surface area contributed by atoms with Crippen LogP contribution in [0.2, 0.25) is 5.02 Å². The van der Waals surface area contributed by atoms with E-state index in [2.05, 4.69) is 0 Å². The highest BCUT2D eigenvalue weighted by Gasteiger charge is 2.23. The molecule has 0 fully saturated rings. The number of carbonyl (C=O) groups excluding carboxylic acids is 2. The zero-order valence-corrected chi connectivity index (χ0v) is 15.2. The van der Waals surface area contributed by atoms with Crippen LogP contribution in [-0.2, 0) is 19.6 Å². The maximum Gasteiger partial charge on any atom is 0.338 e. The highest BCUT2D eigenvalue weighted by atomic mass is 35.5. The van der Waals surface area contributed by atoms with E-state index < -0.39 is 16.0 Å². The third-order valence-electron chi connectivity index (χ3n) is 3.31. The summed E-state index contributed by atoms with van der Waals surface area (Å²) in [6.07, 6.45) is 0. The second kappa shape index (κ2) is 7.67. The number of benzene rings is 2. The number of esters is 1. The molecule has 0 saturated carbocycles. The lowest BCUT2D eigenvalue weighted by Crippen LogP contribution is -2.26. The van der Waals surface area contributed by atoms with E-state index in [1.54, 1.807) is 18.2 Å². The van der Waals surface area contributed by atoms with Crippen LogP contribution in [0.25, 0.3) is 0 Å². The summed E-state index contributed by atoms with van der Waals surface area (Å²) >= 11 is 5.90. The topological polar surface area (TPSA) is 80.8 Å². The summed E-state index contributed by atoms with van der Waals surface area (Å²) < 4.78 is 31.4. The summed E-state index contributed by atoms with van der Waals surface area (Å²) in [6, 6.07) is 11.8. The van der Waals surface area contributed by atoms with Gasteiger partial charge in [0, 0.05) is 12.1 Å². The first-order chi connectivity index (χ1) is 11.7. The van der Waals surface area contributed by atoms with Gasteiger partial charge in [0.25, 0.3) is 10.0 Å². The molecule has 0 aromatic heterocycles. The Bertz CT molecular complexity index is 911. The van der Waals surface area contributed by atoms with Gasteiger partial charge in [-0.25, -0.2) is 13.2 Å². The van der Waals surface area contributed by atoms with Crippen LogP contribution in [0.15, 0.2) is 53.4 Å². The summed E-state index contributed by atoms with van der Waals surface area (Å²) in [4.78, 5) is 22.7. The minimum atomic E-state index is -3.90. The molecule has 132 valence electrons. The first kappa shape index (κ1) is 19.0. The van der Waals surface area contributed by atoms with E-state index >= 15 is 0 Å². The van der Waals surface area contributed by atoms with Crippen molar-refractivity contribution in [3.63, 3.8) is 0 Å². The molecule has 0 aliphatic carbocycles. The molecule has 8 heteroatoms. The molecule has 0 spiro atoms. The highest BCUT2D eigenvalue weighted by molar-refractivity contribution is 7.92. The average Bonchev–Trinajstić information content (AvgIpc) is 2.59. The third-order valence-corrected chi connectivity index (χ3v) is 5.32. The summed E-state index contributed by atoms with van der Waals surface area (Å²) in [7, 11) is -2.51. The molecule has 0 atom stereocenters. The standard InChI is InChI=1S/C17H16ClNO5S/c1-12(20)11-24-17(21)13-5-3-8-16(9-13)25(22,23)19(2)15-7-4-6-14(18)10-15/h3-10H,11H2,1-2H3. The lowest BCUT2D eigenvalue weighted by molar-refractivity contribution is -0.120. The Morgan fingerprint density at radius 2 is 1.80 bits per heavy atom. The number of carbonyl (C=O) groups is 2. The Morgan fingerprint density at radius 3 is 2.44 bits per heavy atom. The van der Waals surface area contributed by atoms with E-state index in [0.717, 1.165) is 4.31 Å². The number of ether oxygens (including phenoxy) is 1. The Hall–Kier alpha value is -2.38. The molecule has 0 saturated heterocycles. The monoisotopic (exact) mass is 381 g/mol. The lowest BCUT2D eigenvalue weighted by atomic mass is 10.2. The van der Waals surface area contributed by atoms with E-state index in [-0.39, 0.29) is 22.8 Å². The average molecular weight is 382 g/mol. The summed E-state index contributed by atoms with van der Waals surface area (Å²) in [5.41, 5.74) is 0.430. The van der Waals surface area contributed by atoms with Crippen LogP contribution in [0, 0.1) is 0 Å². The van der Waals surface area contributed by atoms with Crippen molar-refractivity contribution in [3.8, 4) is 0 Å². The normalized spacial score (nSPS) is 11.0. The predicted molar refractivity (Wildman–Crippen MR) is 94.4 cm³/mol. The van der Waals surface area contributed by atoms with Gasteiger partial charge in [-0.05, 0) is 43.3 Å². The van der Waals surface area contributed by atoms with Crippen molar-refractivity contribution in [3.05, 3.63) is 59.1 Å². The molecule has 0 unspecified atom stereocenters. The van der Waals surface area contributed by atoms with Crippen molar-refractivity contribution in [2.45, 2.75) is 11.8 Å². The van der Waals surface area contributed by atoms with Gasteiger partial charge in [0.2, 0.25) is 0 Å². The van der Waals surface area contributed by atoms with Crippen molar-refractivity contribution in [1.82, 2.24) is 0 Å². The van der Waals surface area contributed by atoms with Gasteiger partial charge >= 0.3 is 5.97 Å². The van der Waals surface area contributed by atoms with E-state index in [9.17, 15) is 18.0 Å². The van der Waals surface area contributed by atoms with Crippen LogP contribution in [0.1, 0.15) is 17.3 Å². The molecule has 25 heavy (non-hydrogen) atoms. The predicted octanol–water partition coefficient (Wildman–Crippen LogP) is 2.91. The number of Topliss-reactive ketones (excluding diaryl/α,β-unsaturated/α-hetero) is 1. The van der Waals surface area contributed by atoms with Crippen molar-refractivity contribution < 1.29 is 22.7 Å². The number of hydrogen-bond donors (Lipinski definition) is 0. The molecule has 0 aliphatic rings. The van der Waals surface area contributed by atoms with Gasteiger partial charge in [-0.3, -0.25) is 9.10 Å². The van der Waals surface area contributed by atoms with Crippen molar-refractivity contribution in [2.24, 2.45) is 0 Å². The van der Waals surface area contributed by atoms with E-state index in [1.165, 1.54) is 44.3 Å². The molecular formula is C17H16ClNO5S. The SMILES string of the molecule is CC(=O)COC(=O)c1cccc(S(=O)(=O)N(C)c2cccc(Cl)c2)c1. The molecule has 2 aromatic rings. The molecule has 0 radical (unpaired) electrons. The molecule has 2 aromatic carbocycles. The second-order valence-electron chi connectivity index (χ2n) is 5.26. The fourth-order valence-corrected chi connectivity index (χ4v) is 3.42. The number of nitrogens with zero attached hydrogens (tertiary/aromatic N) is 1. The molecule has 0 bridgehead atoms. The molecule has 2 rings (SSSR count). The smallest absolute Gasteiger partial charge is 0.338 e. The number of sulfonamides is 1. The van der Waals surface area contributed by atoms with Crippen LogP contribution in [-0.4, -0.2) is 33.8 Å². The van der Waals surface area contributed by atoms with Crippen LogP contribution < -0.4 is 4.31 Å². The van der Waals surface area contributed by atoms with Crippen molar-refractivity contribution >= 4 is 39.1 Å². The fraction of sp³-hybridized carbons (Fsp3) is 0.176. The van der Waals surface area contributed by atoms with Gasteiger partial charge in [0.05, 0.1) is 16.1 Å². The summed E-state index contributed by atoms with van der Waals surface area (Å²) in [5, 5.41) is 0.404. The minimum absolute atomic E-state index is 0.0434. The van der Waals surface area contributed by atoms with Gasteiger partial charge < -0.3 is 4.74 Å². The number of anilines is 1. The van der Waals surface area contributed by atoms with E-state index in [0.29, 0.717) is 10.7 Å². The zero-order valence-electron chi connectivity index (χ0n) is 13.6. The minimum Gasteiger partial charge on any atom is -0.454 e. The second-order valence-corrected chi connectivity index (χ2v) is 7.66. The highest BCUT2D eigenvalue weighted by Crippen LogP contribution is 2.25. The van der Waals surface area contributed by atoms with Gasteiger partial charge in [0.15, 0.2) is 5.78 Å². The maximum absolute atomic E-state index is 12.8. The van der Waals surface area contributed by atoms with Crippen LogP contribution in [0.3, 0.4) is 0 Å². The molecule has 0 amide bonds. The first-order valence-electron chi connectivity index (χ1n) is 7.23. The largest absolute Gasteiger partial charge is 0.454 e. The number of halogens is 1. The molecule has 0 N–H and O–H groups in total. The van der Waals surface area contributed by atoms with Gasteiger partial charge in [-0.2, -0.15) is 0 Å². The summed E-state index contributed by atoms with van der Waals surface area (Å²) in [6.45, 7) is 0.923. The first-order valence-corrected chi connectivity index (χ1v) is 9.05. The molecular weight excluding hydrogens is 366 g/mol. The van der Waals surface area contributed by atoms with Crippen LogP contribution in [0.4, 0.5) is 5.69 Å². The van der Waals surface area contributed by atoms with Crippen LogP contribution >= 0.6 is 11.6 Å². The molecule has 0 aliphatic heterocycles. The van der Waals surface area contributed by atoms with Gasteiger partial charge in [0.1, 0.15) is 6.61 Å². The van der Waals surface area contributed by atoms with Gasteiger partial charge in [-0.1, -0.05) is 23.7 Å². The Morgan fingerprint density at radius 1 is 1.12 bits per heavy atom. The number of hydrogen-bond acceptors (Lipinski definition) is 5. The summed E-state index contributed by atoms with van der Waals surface area (Å²) in [5.74, 6) is -1.07. The van der Waals surface area contributed by atoms with E-state index in [4.69, 9.17) is 16.3 Å². The third kappa shape index (κ3) is 4.58. The van der Waals surface area contributed by atoms with E-state index in [1.807, 2.05) is 0 Å². The maximum atomic E-state index is 12.8. The van der Waals surface area contributed by atoms with Crippen LogP contribution in [0.5, 0.6) is 0 Å². The molecule has 6 nitrogen and oxygen atoms in total. The fourth-order valence-electron chi connectivity index (χ4n) is 2.00. The Kier molecular flexibility index (Phi) is 5.81. The number of ketones is 1. The lowest BCUT2D eigenvalue weighted by Gasteiger charge is -2.20. The Balaban J connectivity index is 2.32. The van der Waals surface area contributed by atoms with Gasteiger partial charge in [-0.15, -0.1) is 0 Å². The quantitative estimate of drug-likeness (QED) is 0.718. The van der Waals surface area contributed by atoms with Crippen molar-refractivity contribution in [1.29, 1.82) is 0 Å². The number of rotatable bonds is 6. The molecule has 0 heterocycles. The van der Waals surface area contributed by atoms with Crippen molar-refractivity contribution in [2.75, 3.05) is 18.0 Å². The Labute approximate surface area is 151 Å².